The van der Waals surface area contributed by atoms with E-state index in [1.54, 1.807) is 12.1 Å². The van der Waals surface area contributed by atoms with Gasteiger partial charge in [-0.2, -0.15) is 5.10 Å². The summed E-state index contributed by atoms with van der Waals surface area (Å²) in [5.74, 6) is 0.829. The number of carbonyl (C=O) groups is 1. The van der Waals surface area contributed by atoms with Crippen LogP contribution in [0.15, 0.2) is 18.3 Å². The average molecular weight is 334 g/mol. The van der Waals surface area contributed by atoms with Crippen molar-refractivity contribution in [3.63, 3.8) is 0 Å². The van der Waals surface area contributed by atoms with Crippen molar-refractivity contribution in [2.24, 2.45) is 7.05 Å². The van der Waals surface area contributed by atoms with Gasteiger partial charge in [0, 0.05) is 23.9 Å². The first-order chi connectivity index (χ1) is 11.1. The Morgan fingerprint density at radius 1 is 1.43 bits per heavy atom. The molecule has 0 radical (unpaired) electrons. The van der Waals surface area contributed by atoms with Crippen LogP contribution in [0.1, 0.15) is 40.5 Å². The van der Waals surface area contributed by atoms with Crippen LogP contribution in [0.2, 0.25) is 5.02 Å². The van der Waals surface area contributed by atoms with Crippen molar-refractivity contribution in [2.75, 3.05) is 6.79 Å². The molecule has 0 bridgehead atoms. The standard InChI is InChI=1S/C16H16ClN3O3/c1-20-13-4-2-3-12(10(13)7-18-20)19-16(21)9-5-11(17)15-14(6-9)22-8-23-15/h5-7,12H,2-4,8H2,1H3,(H,19,21). The third-order valence-electron chi connectivity index (χ3n) is 4.37. The Bertz CT molecular complexity index is 787. The molecule has 1 amide bonds. The van der Waals surface area contributed by atoms with Crippen LogP contribution in [-0.2, 0) is 13.5 Å². The second kappa shape index (κ2) is 5.45. The summed E-state index contributed by atoms with van der Waals surface area (Å²) < 4.78 is 12.5. The minimum Gasteiger partial charge on any atom is -0.454 e. The van der Waals surface area contributed by atoms with Gasteiger partial charge in [-0.05, 0) is 31.4 Å². The maximum absolute atomic E-state index is 12.6. The fraction of sp³-hybridized carbons (Fsp3) is 0.375. The molecule has 1 aromatic heterocycles. The van der Waals surface area contributed by atoms with Gasteiger partial charge >= 0.3 is 0 Å². The smallest absolute Gasteiger partial charge is 0.251 e. The summed E-state index contributed by atoms with van der Waals surface area (Å²) >= 11 is 6.15. The highest BCUT2D eigenvalue weighted by Crippen LogP contribution is 2.40. The first kappa shape index (κ1) is 14.4. The van der Waals surface area contributed by atoms with Gasteiger partial charge in [0.1, 0.15) is 0 Å². The largest absolute Gasteiger partial charge is 0.454 e. The summed E-state index contributed by atoms with van der Waals surface area (Å²) in [5.41, 5.74) is 2.75. The molecular weight excluding hydrogens is 318 g/mol. The minimum absolute atomic E-state index is 0.0239. The second-order valence-corrected chi connectivity index (χ2v) is 6.19. The zero-order valence-electron chi connectivity index (χ0n) is 12.6. The van der Waals surface area contributed by atoms with E-state index in [0.717, 1.165) is 24.8 Å². The van der Waals surface area contributed by atoms with E-state index in [9.17, 15) is 4.79 Å². The molecule has 1 aliphatic heterocycles. The number of ether oxygens (including phenoxy) is 2. The monoisotopic (exact) mass is 333 g/mol. The van der Waals surface area contributed by atoms with Crippen LogP contribution >= 0.6 is 11.6 Å². The van der Waals surface area contributed by atoms with Crippen LogP contribution in [0.25, 0.3) is 0 Å². The number of carbonyl (C=O) groups excluding carboxylic acids is 1. The van der Waals surface area contributed by atoms with Gasteiger partial charge in [-0.1, -0.05) is 11.6 Å². The summed E-state index contributed by atoms with van der Waals surface area (Å²) in [4.78, 5) is 12.6. The number of benzene rings is 1. The molecule has 2 heterocycles. The van der Waals surface area contributed by atoms with Crippen molar-refractivity contribution >= 4 is 17.5 Å². The van der Waals surface area contributed by atoms with Crippen molar-refractivity contribution in [2.45, 2.75) is 25.3 Å². The average Bonchev–Trinajstić information content (AvgIpc) is 3.15. The van der Waals surface area contributed by atoms with Crippen LogP contribution in [0.5, 0.6) is 11.5 Å². The summed E-state index contributed by atoms with van der Waals surface area (Å²) in [6.45, 7) is 0.127. The Kier molecular flexibility index (Phi) is 3.41. The quantitative estimate of drug-likeness (QED) is 0.917. The van der Waals surface area contributed by atoms with Crippen molar-refractivity contribution in [1.29, 1.82) is 0 Å². The van der Waals surface area contributed by atoms with E-state index in [1.807, 2.05) is 17.9 Å². The summed E-state index contributed by atoms with van der Waals surface area (Å²) in [6, 6.07) is 3.25. The van der Waals surface area contributed by atoms with Crippen LogP contribution < -0.4 is 14.8 Å². The maximum atomic E-state index is 12.6. The predicted octanol–water partition coefficient (Wildman–Crippen LogP) is 2.61. The zero-order chi connectivity index (χ0) is 16.0. The first-order valence-electron chi connectivity index (χ1n) is 7.54. The number of halogens is 1. The number of nitrogens with one attached hydrogen (secondary N) is 1. The highest BCUT2D eigenvalue weighted by atomic mass is 35.5. The number of amides is 1. The SMILES string of the molecule is Cn1ncc2c1CCCC2NC(=O)c1cc(Cl)c2c(c1)OCO2. The molecule has 1 N–H and O–H groups in total. The Morgan fingerprint density at radius 3 is 3.17 bits per heavy atom. The number of hydrogen-bond acceptors (Lipinski definition) is 4. The van der Waals surface area contributed by atoms with E-state index >= 15 is 0 Å². The Hall–Kier alpha value is -2.21. The lowest BCUT2D eigenvalue weighted by Crippen LogP contribution is -2.31. The summed E-state index contributed by atoms with van der Waals surface area (Å²) in [6.07, 6.45) is 4.77. The van der Waals surface area contributed by atoms with Gasteiger partial charge < -0.3 is 14.8 Å². The topological polar surface area (TPSA) is 65.4 Å². The van der Waals surface area contributed by atoms with Crippen molar-refractivity contribution in [3.8, 4) is 11.5 Å². The molecule has 0 fully saturated rings. The first-order valence-corrected chi connectivity index (χ1v) is 7.92. The molecule has 1 atom stereocenters. The Labute approximate surface area is 138 Å². The van der Waals surface area contributed by atoms with Crippen LogP contribution in [0.4, 0.5) is 0 Å². The lowest BCUT2D eigenvalue weighted by atomic mass is 9.92. The van der Waals surface area contributed by atoms with Gasteiger partial charge in [0.25, 0.3) is 5.91 Å². The molecule has 1 unspecified atom stereocenters. The predicted molar refractivity (Wildman–Crippen MR) is 83.9 cm³/mol. The number of aromatic nitrogens is 2. The Morgan fingerprint density at radius 2 is 2.30 bits per heavy atom. The molecule has 7 heteroatoms. The molecule has 120 valence electrons. The van der Waals surface area contributed by atoms with Crippen LogP contribution in [-0.4, -0.2) is 22.5 Å². The number of fused-ring (bicyclic) bond motifs is 2. The lowest BCUT2D eigenvalue weighted by Gasteiger charge is -2.24. The second-order valence-electron chi connectivity index (χ2n) is 5.78. The normalized spacial score (nSPS) is 18.6. The van der Waals surface area contributed by atoms with Crippen molar-refractivity contribution in [1.82, 2.24) is 15.1 Å². The molecule has 23 heavy (non-hydrogen) atoms. The van der Waals surface area contributed by atoms with Crippen molar-refractivity contribution in [3.05, 3.63) is 40.2 Å². The molecule has 4 rings (SSSR count). The molecule has 1 aliphatic carbocycles. The van der Waals surface area contributed by atoms with Gasteiger partial charge in [0.15, 0.2) is 11.5 Å². The number of nitrogens with zero attached hydrogens (tertiary/aromatic N) is 2. The van der Waals surface area contributed by atoms with E-state index in [-0.39, 0.29) is 18.7 Å². The maximum Gasteiger partial charge on any atom is 0.251 e. The van der Waals surface area contributed by atoms with Gasteiger partial charge in [0.2, 0.25) is 6.79 Å². The molecule has 1 aromatic carbocycles. The zero-order valence-corrected chi connectivity index (χ0v) is 13.4. The van der Waals surface area contributed by atoms with E-state index in [4.69, 9.17) is 21.1 Å². The van der Waals surface area contributed by atoms with E-state index in [1.165, 1.54) is 5.69 Å². The molecule has 0 saturated carbocycles. The van der Waals surface area contributed by atoms with Gasteiger partial charge in [-0.25, -0.2) is 0 Å². The van der Waals surface area contributed by atoms with Crippen LogP contribution in [0, 0.1) is 0 Å². The lowest BCUT2D eigenvalue weighted by molar-refractivity contribution is 0.0932. The van der Waals surface area contributed by atoms with Gasteiger partial charge in [-0.3, -0.25) is 9.48 Å². The molecule has 2 aliphatic rings. The van der Waals surface area contributed by atoms with E-state index < -0.39 is 0 Å². The highest BCUT2D eigenvalue weighted by Gasteiger charge is 2.26. The van der Waals surface area contributed by atoms with Gasteiger partial charge in [-0.15, -0.1) is 0 Å². The summed E-state index contributed by atoms with van der Waals surface area (Å²) in [7, 11) is 1.93. The van der Waals surface area contributed by atoms with Crippen molar-refractivity contribution < 1.29 is 14.3 Å². The fourth-order valence-corrected chi connectivity index (χ4v) is 3.46. The molecule has 2 aromatic rings. The Balaban J connectivity index is 1.58. The molecule has 6 nitrogen and oxygen atoms in total. The molecular formula is C16H16ClN3O3. The minimum atomic E-state index is -0.174. The molecule has 0 spiro atoms. The number of rotatable bonds is 2. The van der Waals surface area contributed by atoms with E-state index in [0.29, 0.717) is 22.1 Å². The van der Waals surface area contributed by atoms with Crippen LogP contribution in [0.3, 0.4) is 0 Å². The van der Waals surface area contributed by atoms with E-state index in [2.05, 4.69) is 10.4 Å². The fourth-order valence-electron chi connectivity index (χ4n) is 3.20. The summed E-state index contributed by atoms with van der Waals surface area (Å²) in [5, 5.41) is 7.76. The number of aryl methyl sites for hydroxylation is 1. The number of hydrogen-bond donors (Lipinski definition) is 1. The third-order valence-corrected chi connectivity index (χ3v) is 4.65. The van der Waals surface area contributed by atoms with Gasteiger partial charge in [0.05, 0.1) is 17.3 Å². The molecule has 0 saturated heterocycles. The third kappa shape index (κ3) is 2.43. The highest BCUT2D eigenvalue weighted by molar-refractivity contribution is 6.32.